The van der Waals surface area contributed by atoms with Gasteiger partial charge in [0.05, 0.1) is 11.3 Å². The van der Waals surface area contributed by atoms with E-state index in [0.29, 0.717) is 23.6 Å². The van der Waals surface area contributed by atoms with E-state index in [1.54, 1.807) is 6.20 Å². The molecule has 4 rings (SSSR count). The maximum atomic E-state index is 13.7. The number of nitrogens with zero attached hydrogens (tertiary/aromatic N) is 4. The van der Waals surface area contributed by atoms with Gasteiger partial charge in [-0.05, 0) is 39.0 Å². The summed E-state index contributed by atoms with van der Waals surface area (Å²) < 4.78 is 0. The Kier molecular flexibility index (Phi) is 5.35. The van der Waals surface area contributed by atoms with Crippen LogP contribution in [0.4, 0.5) is 0 Å². The summed E-state index contributed by atoms with van der Waals surface area (Å²) in [7, 11) is 0. The van der Waals surface area contributed by atoms with Gasteiger partial charge in [-0.2, -0.15) is 0 Å². The third-order valence-corrected chi connectivity index (χ3v) is 6.12. The number of hydrogen-bond donors (Lipinski definition) is 0. The first kappa shape index (κ1) is 19.6. The molecule has 29 heavy (non-hydrogen) atoms. The van der Waals surface area contributed by atoms with E-state index >= 15 is 0 Å². The molecule has 1 unspecified atom stereocenters. The van der Waals surface area contributed by atoms with Crippen molar-refractivity contribution in [2.45, 2.75) is 51.5 Å². The predicted molar refractivity (Wildman–Crippen MR) is 111 cm³/mol. The minimum absolute atomic E-state index is 0.116. The van der Waals surface area contributed by atoms with Crippen molar-refractivity contribution in [1.29, 1.82) is 0 Å². The van der Waals surface area contributed by atoms with Crippen LogP contribution in [0.25, 0.3) is 11.3 Å². The maximum Gasteiger partial charge on any atom is 0.258 e. The number of amides is 2. The van der Waals surface area contributed by atoms with E-state index in [0.717, 1.165) is 50.8 Å². The van der Waals surface area contributed by atoms with Gasteiger partial charge in [0.1, 0.15) is 11.4 Å². The Morgan fingerprint density at radius 1 is 1.14 bits per heavy atom. The number of rotatable bonds is 4. The highest BCUT2D eigenvalue weighted by Gasteiger charge is 2.52. The van der Waals surface area contributed by atoms with Gasteiger partial charge >= 0.3 is 0 Å². The van der Waals surface area contributed by atoms with Gasteiger partial charge < -0.3 is 9.80 Å². The van der Waals surface area contributed by atoms with E-state index in [-0.39, 0.29) is 11.8 Å². The van der Waals surface area contributed by atoms with E-state index < -0.39 is 5.54 Å². The summed E-state index contributed by atoms with van der Waals surface area (Å²) in [4.78, 5) is 39.7. The van der Waals surface area contributed by atoms with E-state index in [4.69, 9.17) is 0 Å². The molecule has 1 atom stereocenters. The molecule has 1 spiro atoms. The first-order valence-corrected chi connectivity index (χ1v) is 10.6. The van der Waals surface area contributed by atoms with Crippen LogP contribution in [-0.2, 0) is 4.79 Å². The zero-order valence-corrected chi connectivity index (χ0v) is 17.2. The van der Waals surface area contributed by atoms with Crippen molar-refractivity contribution < 1.29 is 9.59 Å². The van der Waals surface area contributed by atoms with Crippen LogP contribution in [0.5, 0.6) is 0 Å². The molecular formula is C23H28N4O2. The normalized spacial score (nSPS) is 21.8. The molecule has 2 saturated heterocycles. The quantitative estimate of drug-likeness (QED) is 0.799. The van der Waals surface area contributed by atoms with Crippen molar-refractivity contribution in [3.63, 3.8) is 0 Å². The SMILES string of the molecule is CCCN1CCCC2(CCCN2C(=O)c2cnc(C)nc2-c2ccccc2)C1=O. The number of aromatic nitrogens is 2. The molecule has 2 aliphatic rings. The fourth-order valence-corrected chi connectivity index (χ4v) is 4.79. The molecule has 1 aromatic heterocycles. The fourth-order valence-electron chi connectivity index (χ4n) is 4.79. The Labute approximate surface area is 172 Å². The summed E-state index contributed by atoms with van der Waals surface area (Å²) >= 11 is 0. The number of carbonyl (C=O) groups is 2. The highest BCUT2D eigenvalue weighted by molar-refractivity contribution is 6.03. The van der Waals surface area contributed by atoms with Gasteiger partial charge in [0.15, 0.2) is 0 Å². The molecular weight excluding hydrogens is 364 g/mol. The average Bonchev–Trinajstić information content (AvgIpc) is 3.16. The zero-order chi connectivity index (χ0) is 20.4. The van der Waals surface area contributed by atoms with E-state index in [9.17, 15) is 9.59 Å². The van der Waals surface area contributed by atoms with Crippen LogP contribution in [0.1, 0.15) is 55.2 Å². The fraction of sp³-hybridized carbons (Fsp3) is 0.478. The van der Waals surface area contributed by atoms with Crippen molar-refractivity contribution in [1.82, 2.24) is 19.8 Å². The van der Waals surface area contributed by atoms with Crippen molar-refractivity contribution in [2.75, 3.05) is 19.6 Å². The topological polar surface area (TPSA) is 66.4 Å². The molecule has 2 aliphatic heterocycles. The third-order valence-electron chi connectivity index (χ3n) is 6.12. The Bertz CT molecular complexity index is 912. The Balaban J connectivity index is 1.72. The lowest BCUT2D eigenvalue weighted by molar-refractivity contribution is -0.145. The number of benzene rings is 1. The molecule has 2 amide bonds. The van der Waals surface area contributed by atoms with Crippen LogP contribution in [0.3, 0.4) is 0 Å². The zero-order valence-electron chi connectivity index (χ0n) is 17.2. The Morgan fingerprint density at radius 2 is 1.86 bits per heavy atom. The number of aryl methyl sites for hydroxylation is 1. The van der Waals surface area contributed by atoms with Crippen molar-refractivity contribution in [3.05, 3.63) is 47.9 Å². The van der Waals surface area contributed by atoms with E-state index in [1.807, 2.05) is 47.1 Å². The summed E-state index contributed by atoms with van der Waals surface area (Å²) in [6, 6.07) is 9.72. The minimum Gasteiger partial charge on any atom is -0.341 e. The molecule has 0 N–H and O–H groups in total. The molecule has 6 heteroatoms. The second kappa shape index (κ2) is 7.93. The van der Waals surface area contributed by atoms with Gasteiger partial charge in [-0.25, -0.2) is 9.97 Å². The lowest BCUT2D eigenvalue weighted by Crippen LogP contribution is -2.61. The van der Waals surface area contributed by atoms with Crippen molar-refractivity contribution >= 4 is 11.8 Å². The molecule has 152 valence electrons. The lowest BCUT2D eigenvalue weighted by atomic mass is 9.85. The van der Waals surface area contributed by atoms with Crippen LogP contribution in [0.15, 0.2) is 36.5 Å². The molecule has 0 aliphatic carbocycles. The minimum atomic E-state index is -0.705. The van der Waals surface area contributed by atoms with Crippen molar-refractivity contribution in [3.8, 4) is 11.3 Å². The summed E-state index contributed by atoms with van der Waals surface area (Å²) in [5, 5.41) is 0. The highest BCUT2D eigenvalue weighted by Crippen LogP contribution is 2.40. The van der Waals surface area contributed by atoms with Crippen LogP contribution in [-0.4, -0.2) is 56.8 Å². The second-order valence-electron chi connectivity index (χ2n) is 8.03. The van der Waals surface area contributed by atoms with E-state index in [2.05, 4.69) is 16.9 Å². The second-order valence-corrected chi connectivity index (χ2v) is 8.03. The van der Waals surface area contributed by atoms with Crippen LogP contribution in [0, 0.1) is 6.92 Å². The van der Waals surface area contributed by atoms with Gasteiger partial charge in [-0.1, -0.05) is 37.3 Å². The van der Waals surface area contributed by atoms with Crippen LogP contribution in [0.2, 0.25) is 0 Å². The monoisotopic (exact) mass is 392 g/mol. The Morgan fingerprint density at radius 3 is 2.59 bits per heavy atom. The third kappa shape index (κ3) is 3.41. The van der Waals surface area contributed by atoms with Gasteiger partial charge in [0, 0.05) is 31.4 Å². The van der Waals surface area contributed by atoms with Gasteiger partial charge in [-0.3, -0.25) is 9.59 Å². The van der Waals surface area contributed by atoms with Gasteiger partial charge in [0.25, 0.3) is 5.91 Å². The van der Waals surface area contributed by atoms with E-state index in [1.165, 1.54) is 0 Å². The van der Waals surface area contributed by atoms with Crippen molar-refractivity contribution in [2.24, 2.45) is 0 Å². The molecule has 2 aromatic rings. The summed E-state index contributed by atoms with van der Waals surface area (Å²) in [5.41, 5.74) is 1.29. The summed E-state index contributed by atoms with van der Waals surface area (Å²) in [5.74, 6) is 0.609. The molecule has 0 bridgehead atoms. The number of hydrogen-bond acceptors (Lipinski definition) is 4. The first-order chi connectivity index (χ1) is 14.1. The van der Waals surface area contributed by atoms with Gasteiger partial charge in [-0.15, -0.1) is 0 Å². The molecule has 2 fully saturated rings. The average molecular weight is 393 g/mol. The molecule has 0 radical (unpaired) electrons. The molecule has 3 heterocycles. The number of likely N-dealkylation sites (tertiary alicyclic amines) is 2. The van der Waals surface area contributed by atoms with Crippen LogP contribution >= 0.6 is 0 Å². The van der Waals surface area contributed by atoms with Crippen LogP contribution < -0.4 is 0 Å². The summed E-state index contributed by atoms with van der Waals surface area (Å²) in [6.07, 6.45) is 5.82. The summed E-state index contributed by atoms with van der Waals surface area (Å²) in [6.45, 7) is 6.06. The largest absolute Gasteiger partial charge is 0.341 e. The molecule has 1 aromatic carbocycles. The first-order valence-electron chi connectivity index (χ1n) is 10.6. The van der Waals surface area contributed by atoms with Gasteiger partial charge in [0.2, 0.25) is 5.91 Å². The predicted octanol–water partition coefficient (Wildman–Crippen LogP) is 3.46. The smallest absolute Gasteiger partial charge is 0.258 e. The lowest BCUT2D eigenvalue weighted by Gasteiger charge is -2.44. The molecule has 6 nitrogen and oxygen atoms in total. The standard InChI is InChI=1S/C23H28N4O2/c1-3-13-26-14-7-11-23(22(26)29)12-8-15-27(23)21(28)19-16-24-17(2)25-20(19)18-9-5-4-6-10-18/h4-6,9-10,16H,3,7-8,11-15H2,1-2H3. The number of piperidine rings is 1. The highest BCUT2D eigenvalue weighted by atomic mass is 16.2. The maximum absolute atomic E-state index is 13.7. The molecule has 0 saturated carbocycles. The Hall–Kier alpha value is -2.76. The number of carbonyl (C=O) groups excluding carboxylic acids is 2.